The van der Waals surface area contributed by atoms with Crippen LogP contribution >= 0.6 is 23.4 Å². The summed E-state index contributed by atoms with van der Waals surface area (Å²) >= 11 is 8.60. The highest BCUT2D eigenvalue weighted by molar-refractivity contribution is 7.99. The highest BCUT2D eigenvalue weighted by atomic mass is 35.5. The molecule has 0 nitrogen and oxygen atoms in total. The second-order valence-corrected chi connectivity index (χ2v) is 10.1. The molecular formula is C31H19ClS. The second-order valence-electron chi connectivity index (χ2n) is 8.60. The van der Waals surface area contributed by atoms with E-state index in [1.54, 1.807) is 0 Å². The van der Waals surface area contributed by atoms with Gasteiger partial charge in [0.1, 0.15) is 0 Å². The molecule has 1 aliphatic carbocycles. The Labute approximate surface area is 202 Å². The summed E-state index contributed by atoms with van der Waals surface area (Å²) in [6, 6.07) is 41.6. The lowest BCUT2D eigenvalue weighted by atomic mass is 9.67. The minimum Gasteiger partial charge on any atom is -0.0894 e. The van der Waals surface area contributed by atoms with Crippen LogP contribution in [0.3, 0.4) is 0 Å². The molecule has 0 aromatic heterocycles. The molecule has 0 amide bonds. The zero-order valence-corrected chi connectivity index (χ0v) is 19.3. The molecule has 0 fully saturated rings. The maximum Gasteiger partial charge on any atom is 0.0735 e. The fraction of sp³-hybridized carbons (Fsp3) is 0.0323. The summed E-state index contributed by atoms with van der Waals surface area (Å²) in [6.45, 7) is 0. The van der Waals surface area contributed by atoms with E-state index in [9.17, 15) is 0 Å². The fourth-order valence-electron chi connectivity index (χ4n) is 5.81. The molecule has 156 valence electrons. The number of hydrogen-bond acceptors (Lipinski definition) is 1. The van der Waals surface area contributed by atoms with Crippen molar-refractivity contribution in [1.29, 1.82) is 0 Å². The first-order valence-corrected chi connectivity index (χ1v) is 12.3. The van der Waals surface area contributed by atoms with Crippen molar-refractivity contribution in [2.24, 2.45) is 0 Å². The Kier molecular flexibility index (Phi) is 4.15. The zero-order valence-electron chi connectivity index (χ0n) is 17.8. The summed E-state index contributed by atoms with van der Waals surface area (Å²) in [5, 5.41) is 0.782. The first kappa shape index (κ1) is 19.2. The predicted molar refractivity (Wildman–Crippen MR) is 138 cm³/mol. The van der Waals surface area contributed by atoms with Crippen molar-refractivity contribution in [2.45, 2.75) is 15.2 Å². The molecule has 0 radical (unpaired) electrons. The fourth-order valence-corrected chi connectivity index (χ4v) is 7.24. The van der Waals surface area contributed by atoms with Gasteiger partial charge in [-0.1, -0.05) is 120 Å². The van der Waals surface area contributed by atoms with Gasteiger partial charge in [-0.15, -0.1) is 0 Å². The Morgan fingerprint density at radius 2 is 0.970 bits per heavy atom. The van der Waals surface area contributed by atoms with Crippen molar-refractivity contribution in [3.05, 3.63) is 143 Å². The van der Waals surface area contributed by atoms with Crippen molar-refractivity contribution < 1.29 is 0 Å². The summed E-state index contributed by atoms with van der Waals surface area (Å²) in [7, 11) is 0. The van der Waals surface area contributed by atoms with Crippen molar-refractivity contribution in [3.8, 4) is 22.3 Å². The lowest BCUT2D eigenvalue weighted by molar-refractivity contribution is 0.722. The number of benzene rings is 5. The van der Waals surface area contributed by atoms with Crippen LogP contribution in [0.25, 0.3) is 22.3 Å². The monoisotopic (exact) mass is 458 g/mol. The molecule has 0 N–H and O–H groups in total. The molecule has 1 aliphatic heterocycles. The van der Waals surface area contributed by atoms with Gasteiger partial charge in [0.15, 0.2) is 0 Å². The van der Waals surface area contributed by atoms with E-state index in [1.165, 1.54) is 48.7 Å². The van der Waals surface area contributed by atoms with E-state index in [0.29, 0.717) is 0 Å². The van der Waals surface area contributed by atoms with Gasteiger partial charge in [-0.3, -0.25) is 0 Å². The van der Waals surface area contributed by atoms with Crippen molar-refractivity contribution >= 4 is 23.4 Å². The third-order valence-electron chi connectivity index (χ3n) is 7.03. The average Bonchev–Trinajstić information content (AvgIpc) is 3.16. The van der Waals surface area contributed by atoms with Crippen LogP contribution < -0.4 is 0 Å². The van der Waals surface area contributed by atoms with Crippen LogP contribution in [0.2, 0.25) is 5.02 Å². The van der Waals surface area contributed by atoms with E-state index < -0.39 is 0 Å². The molecule has 2 aliphatic rings. The molecule has 1 spiro atoms. The van der Waals surface area contributed by atoms with Gasteiger partial charge in [0.2, 0.25) is 0 Å². The topological polar surface area (TPSA) is 0 Å². The van der Waals surface area contributed by atoms with Crippen LogP contribution in [0.4, 0.5) is 0 Å². The SMILES string of the molecule is Clc1ccccc1-c1cccc2c1-c1ccccc1C21c2ccccc2Sc2ccccc21. The Hall–Kier alpha value is -3.26. The highest BCUT2D eigenvalue weighted by Crippen LogP contribution is 2.63. The van der Waals surface area contributed by atoms with Crippen molar-refractivity contribution in [3.63, 3.8) is 0 Å². The van der Waals surface area contributed by atoms with Gasteiger partial charge in [0, 0.05) is 20.4 Å². The normalized spacial score (nSPS) is 14.3. The molecular weight excluding hydrogens is 440 g/mol. The van der Waals surface area contributed by atoms with E-state index in [-0.39, 0.29) is 5.41 Å². The van der Waals surface area contributed by atoms with Crippen LogP contribution in [0.5, 0.6) is 0 Å². The van der Waals surface area contributed by atoms with E-state index >= 15 is 0 Å². The average molecular weight is 459 g/mol. The van der Waals surface area contributed by atoms with Gasteiger partial charge in [0.25, 0.3) is 0 Å². The third-order valence-corrected chi connectivity index (χ3v) is 8.52. The first-order chi connectivity index (χ1) is 16.3. The van der Waals surface area contributed by atoms with Crippen LogP contribution in [0.15, 0.2) is 125 Å². The minimum absolute atomic E-state index is 0.346. The lowest BCUT2D eigenvalue weighted by Crippen LogP contribution is -2.31. The van der Waals surface area contributed by atoms with Crippen LogP contribution in [0, 0.1) is 0 Å². The molecule has 0 atom stereocenters. The first-order valence-electron chi connectivity index (χ1n) is 11.2. The summed E-state index contributed by atoms with van der Waals surface area (Å²) < 4.78 is 0. The van der Waals surface area contributed by atoms with E-state index in [0.717, 1.165) is 10.6 Å². The lowest BCUT2D eigenvalue weighted by Gasteiger charge is -2.39. The summed E-state index contributed by atoms with van der Waals surface area (Å²) in [5.41, 5.74) is 9.90. The second kappa shape index (κ2) is 7.12. The molecule has 0 unspecified atom stereocenters. The van der Waals surface area contributed by atoms with Crippen molar-refractivity contribution in [2.75, 3.05) is 0 Å². The van der Waals surface area contributed by atoms with Gasteiger partial charge < -0.3 is 0 Å². The number of rotatable bonds is 1. The number of fused-ring (bicyclic) bond motifs is 9. The minimum atomic E-state index is -0.346. The maximum atomic E-state index is 6.72. The summed E-state index contributed by atoms with van der Waals surface area (Å²) in [5.74, 6) is 0. The van der Waals surface area contributed by atoms with E-state index in [4.69, 9.17) is 11.6 Å². The van der Waals surface area contributed by atoms with Crippen molar-refractivity contribution in [1.82, 2.24) is 0 Å². The molecule has 0 saturated carbocycles. The predicted octanol–water partition coefficient (Wildman–Crippen LogP) is 8.83. The molecule has 2 heteroatoms. The summed E-state index contributed by atoms with van der Waals surface area (Å²) in [4.78, 5) is 2.64. The molecule has 5 aromatic carbocycles. The standard InChI is InChI=1S/C31H19ClS/c32-27-17-6-2-10-20(27)21-12-9-16-26-30(21)22-11-1-3-13-23(22)31(26)24-14-4-7-18-28(24)33-29-19-8-5-15-25(29)31/h1-19H. The zero-order chi connectivity index (χ0) is 22.0. The Bertz CT molecular complexity index is 1520. The molecule has 0 bridgehead atoms. The van der Waals surface area contributed by atoms with Gasteiger partial charge in [0.05, 0.1) is 5.41 Å². The Morgan fingerprint density at radius 3 is 1.67 bits per heavy atom. The molecule has 1 heterocycles. The van der Waals surface area contributed by atoms with E-state index in [2.05, 4.69) is 103 Å². The Morgan fingerprint density at radius 1 is 0.455 bits per heavy atom. The molecule has 0 saturated heterocycles. The van der Waals surface area contributed by atoms with Gasteiger partial charge in [-0.25, -0.2) is 0 Å². The van der Waals surface area contributed by atoms with Gasteiger partial charge in [-0.05, 0) is 57.1 Å². The molecule has 5 aromatic rings. The van der Waals surface area contributed by atoms with Crippen LogP contribution in [-0.4, -0.2) is 0 Å². The number of hydrogen-bond donors (Lipinski definition) is 0. The van der Waals surface area contributed by atoms with Gasteiger partial charge in [-0.2, -0.15) is 0 Å². The largest absolute Gasteiger partial charge is 0.0894 e. The number of halogens is 1. The molecule has 7 rings (SSSR count). The van der Waals surface area contributed by atoms with Crippen LogP contribution in [0.1, 0.15) is 22.3 Å². The third kappa shape index (κ3) is 2.50. The molecule has 33 heavy (non-hydrogen) atoms. The Balaban J connectivity index is 1.68. The smallest absolute Gasteiger partial charge is 0.0735 e. The quantitative estimate of drug-likeness (QED) is 0.237. The maximum absolute atomic E-state index is 6.72. The van der Waals surface area contributed by atoms with Crippen LogP contribution in [-0.2, 0) is 5.41 Å². The summed E-state index contributed by atoms with van der Waals surface area (Å²) in [6.07, 6.45) is 0. The van der Waals surface area contributed by atoms with Gasteiger partial charge >= 0.3 is 0 Å². The highest BCUT2D eigenvalue weighted by Gasteiger charge is 2.50. The van der Waals surface area contributed by atoms with E-state index in [1.807, 2.05) is 23.9 Å².